The first-order chi connectivity index (χ1) is 24.3. The third-order valence-electron chi connectivity index (χ3n) is 9.98. The van der Waals surface area contributed by atoms with Crippen LogP contribution in [0.4, 0.5) is 11.4 Å². The zero-order chi connectivity index (χ0) is 36.2. The summed E-state index contributed by atoms with van der Waals surface area (Å²) in [5, 5.41) is 9.69. The first-order valence-electron chi connectivity index (χ1n) is 18.3. The monoisotopic (exact) mass is 870 g/mol. The molecule has 0 amide bonds. The number of ether oxygens (including phenoxy) is 1. The quantitative estimate of drug-likeness (QED) is 0.136. The van der Waals surface area contributed by atoms with Crippen molar-refractivity contribution in [3.63, 3.8) is 0 Å². The Balaban J connectivity index is 0.00000464. The molecule has 1 aliphatic rings. The predicted molar refractivity (Wildman–Crippen MR) is 209 cm³/mol. The molecule has 0 aliphatic carbocycles. The standard InChI is InChI=1S/C45H49N5O.Pt/c1-28(2)37-16-12-17-38(29(3)4)43(37)32-24-46-48(26-32)34-14-11-15-36(22-34)50-41-23-35(20-21-42(41)51-45(50,9)10)49-27-33(25-47-49)44-39(30(5)6)18-13-19-40(44)31(7)8;/h11-21,24-31H,1-10H3;/q-2;+2. The number of hydrogen-bond acceptors (Lipinski definition) is 4. The van der Waals surface area contributed by atoms with Gasteiger partial charge in [0, 0.05) is 29.3 Å². The van der Waals surface area contributed by atoms with Gasteiger partial charge in [-0.25, -0.2) is 0 Å². The number of aromatic nitrogens is 4. The molecule has 0 saturated carbocycles. The van der Waals surface area contributed by atoms with E-state index in [0.29, 0.717) is 23.7 Å². The molecule has 0 unspecified atom stereocenters. The molecule has 3 heterocycles. The number of hydrogen-bond donors (Lipinski definition) is 0. The van der Waals surface area contributed by atoms with Gasteiger partial charge < -0.3 is 9.64 Å². The van der Waals surface area contributed by atoms with Crippen LogP contribution in [0.15, 0.2) is 91.5 Å². The van der Waals surface area contributed by atoms with Gasteiger partial charge in [0.1, 0.15) is 0 Å². The number of rotatable bonds is 9. The maximum absolute atomic E-state index is 6.51. The van der Waals surface area contributed by atoms with E-state index in [4.69, 9.17) is 14.9 Å². The Morgan fingerprint density at radius 3 is 1.44 bits per heavy atom. The van der Waals surface area contributed by atoms with E-state index in [9.17, 15) is 0 Å². The fraction of sp³-hybridized carbons (Fsp3) is 0.333. The van der Waals surface area contributed by atoms with Crippen LogP contribution in [-0.4, -0.2) is 25.3 Å². The van der Waals surface area contributed by atoms with Crippen molar-refractivity contribution in [3.8, 4) is 39.4 Å². The van der Waals surface area contributed by atoms with E-state index in [1.54, 1.807) is 0 Å². The van der Waals surface area contributed by atoms with Gasteiger partial charge in [-0.3, -0.25) is 9.36 Å². The molecule has 2 aromatic heterocycles. The molecule has 7 rings (SSSR count). The average Bonchev–Trinajstić information content (AvgIpc) is 3.84. The SMILES string of the molecule is CC(C)c1cccc(C(C)C)c1-c1cnn(-c2[c-]c(N3c4[c-]c(-n5cc(-c6c(C(C)C)cccc6C(C)C)cn5)ccc4OC3(C)C)ccc2)c1.[Pt+2]. The van der Waals surface area contributed by atoms with Crippen LogP contribution in [-0.2, 0) is 21.1 Å². The van der Waals surface area contributed by atoms with E-state index < -0.39 is 5.72 Å². The first kappa shape index (κ1) is 37.3. The predicted octanol–water partition coefficient (Wildman–Crippen LogP) is 11.8. The number of nitrogens with zero attached hydrogens (tertiary/aromatic N) is 5. The van der Waals surface area contributed by atoms with Crippen LogP contribution in [0.1, 0.15) is 115 Å². The van der Waals surface area contributed by atoms with Gasteiger partial charge in [0.05, 0.1) is 12.4 Å². The molecule has 0 atom stereocenters. The van der Waals surface area contributed by atoms with Crippen molar-refractivity contribution in [1.82, 2.24) is 19.6 Å². The second-order valence-electron chi connectivity index (χ2n) is 15.5. The van der Waals surface area contributed by atoms with Crippen LogP contribution >= 0.6 is 0 Å². The molecule has 0 bridgehead atoms. The average molecular weight is 871 g/mol. The Morgan fingerprint density at radius 1 is 0.558 bits per heavy atom. The minimum atomic E-state index is -0.665. The summed E-state index contributed by atoms with van der Waals surface area (Å²) >= 11 is 0. The zero-order valence-electron chi connectivity index (χ0n) is 31.9. The summed E-state index contributed by atoms with van der Waals surface area (Å²) in [6.45, 7) is 22.2. The fourth-order valence-electron chi connectivity index (χ4n) is 7.48. The second-order valence-corrected chi connectivity index (χ2v) is 15.5. The molecule has 0 spiro atoms. The molecule has 0 saturated heterocycles. The van der Waals surface area contributed by atoms with Crippen LogP contribution in [0.25, 0.3) is 33.6 Å². The molecule has 0 N–H and O–H groups in total. The van der Waals surface area contributed by atoms with Gasteiger partial charge in [-0.2, -0.15) is 16.3 Å². The van der Waals surface area contributed by atoms with Crippen molar-refractivity contribution >= 4 is 11.4 Å². The van der Waals surface area contributed by atoms with Crippen LogP contribution in [0, 0.1) is 12.1 Å². The zero-order valence-corrected chi connectivity index (χ0v) is 34.2. The summed E-state index contributed by atoms with van der Waals surface area (Å²) in [4.78, 5) is 2.17. The van der Waals surface area contributed by atoms with E-state index >= 15 is 0 Å². The topological polar surface area (TPSA) is 48.1 Å². The van der Waals surface area contributed by atoms with E-state index in [1.165, 1.54) is 33.4 Å². The fourth-order valence-corrected chi connectivity index (χ4v) is 7.48. The molecule has 1 aliphatic heterocycles. The Bertz CT molecular complexity index is 2150. The third kappa shape index (κ3) is 6.78. The number of anilines is 2. The van der Waals surface area contributed by atoms with Gasteiger partial charge in [0.2, 0.25) is 0 Å². The summed E-state index contributed by atoms with van der Waals surface area (Å²) < 4.78 is 10.4. The summed E-state index contributed by atoms with van der Waals surface area (Å²) in [5.41, 5.74) is 12.9. The molecule has 52 heavy (non-hydrogen) atoms. The second kappa shape index (κ2) is 14.5. The maximum Gasteiger partial charge on any atom is 2.00 e. The summed E-state index contributed by atoms with van der Waals surface area (Å²) in [6, 6.07) is 30.9. The van der Waals surface area contributed by atoms with Gasteiger partial charge in [-0.05, 0) is 88.0 Å². The molecule has 6 nitrogen and oxygen atoms in total. The minimum Gasteiger partial charge on any atom is -0.527 e. The van der Waals surface area contributed by atoms with Gasteiger partial charge in [0.15, 0.2) is 5.72 Å². The van der Waals surface area contributed by atoms with Crippen molar-refractivity contribution in [2.24, 2.45) is 0 Å². The number of benzene rings is 4. The molecule has 270 valence electrons. The molecule has 0 radical (unpaired) electrons. The molecule has 0 fully saturated rings. The summed E-state index contributed by atoms with van der Waals surface area (Å²) in [5.74, 6) is 2.37. The van der Waals surface area contributed by atoms with Crippen molar-refractivity contribution in [3.05, 3.63) is 126 Å². The van der Waals surface area contributed by atoms with Crippen LogP contribution in [0.5, 0.6) is 5.75 Å². The van der Waals surface area contributed by atoms with Crippen LogP contribution in [0.2, 0.25) is 0 Å². The van der Waals surface area contributed by atoms with Gasteiger partial charge in [0.25, 0.3) is 0 Å². The van der Waals surface area contributed by atoms with Gasteiger partial charge in [-0.15, -0.1) is 36.4 Å². The van der Waals surface area contributed by atoms with E-state index in [2.05, 4.69) is 153 Å². The summed E-state index contributed by atoms with van der Waals surface area (Å²) in [7, 11) is 0. The Hall–Kier alpha value is -4.41. The molecule has 7 heteroatoms. The van der Waals surface area contributed by atoms with E-state index in [-0.39, 0.29) is 21.1 Å². The molecule has 4 aromatic carbocycles. The summed E-state index contributed by atoms with van der Waals surface area (Å²) in [6.07, 6.45) is 8.21. The Morgan fingerprint density at radius 2 is 0.981 bits per heavy atom. The minimum absolute atomic E-state index is 0. The van der Waals surface area contributed by atoms with Crippen molar-refractivity contribution in [1.29, 1.82) is 0 Å². The van der Waals surface area contributed by atoms with Crippen molar-refractivity contribution in [2.45, 2.75) is 98.6 Å². The van der Waals surface area contributed by atoms with Crippen molar-refractivity contribution < 1.29 is 25.8 Å². The first-order valence-corrected chi connectivity index (χ1v) is 18.3. The normalized spacial score (nSPS) is 13.6. The van der Waals surface area contributed by atoms with Gasteiger partial charge in [-0.1, -0.05) is 97.5 Å². The molecular weight excluding hydrogens is 822 g/mol. The molecule has 6 aromatic rings. The van der Waals surface area contributed by atoms with Crippen LogP contribution < -0.4 is 9.64 Å². The largest absolute Gasteiger partial charge is 2.00 e. The maximum atomic E-state index is 6.51. The van der Waals surface area contributed by atoms with E-state index in [0.717, 1.165) is 39.6 Å². The molecular formula is C45H49N5OPt. The van der Waals surface area contributed by atoms with Crippen LogP contribution in [0.3, 0.4) is 0 Å². The van der Waals surface area contributed by atoms with E-state index in [1.807, 2.05) is 33.9 Å². The van der Waals surface area contributed by atoms with Gasteiger partial charge >= 0.3 is 21.1 Å². The third-order valence-corrected chi connectivity index (χ3v) is 9.98. The Kier molecular flexibility index (Phi) is 10.4. The smallest absolute Gasteiger partial charge is 0.527 e. The van der Waals surface area contributed by atoms with Crippen molar-refractivity contribution in [2.75, 3.05) is 4.90 Å². The number of fused-ring (bicyclic) bond motifs is 1. The Labute approximate surface area is 324 Å².